The minimum Gasteiger partial charge on any atom is -0.373 e. The molecule has 0 saturated carbocycles. The van der Waals surface area contributed by atoms with E-state index in [-0.39, 0.29) is 6.10 Å². The molecule has 128 valence electrons. The number of benzene rings is 1. The molecule has 2 atom stereocenters. The van der Waals surface area contributed by atoms with Gasteiger partial charge in [0.05, 0.1) is 12.3 Å². The highest BCUT2D eigenvalue weighted by Crippen LogP contribution is 2.33. The summed E-state index contributed by atoms with van der Waals surface area (Å²) >= 11 is 0. The van der Waals surface area contributed by atoms with Crippen molar-refractivity contribution in [2.75, 3.05) is 13.2 Å². The van der Waals surface area contributed by atoms with Crippen molar-refractivity contribution in [1.29, 1.82) is 0 Å². The first-order valence-corrected chi connectivity index (χ1v) is 8.40. The van der Waals surface area contributed by atoms with Gasteiger partial charge in [-0.1, -0.05) is 12.1 Å². The summed E-state index contributed by atoms with van der Waals surface area (Å²) in [6, 6.07) is 7.39. The van der Waals surface area contributed by atoms with Gasteiger partial charge >= 0.3 is 0 Å². The van der Waals surface area contributed by atoms with Crippen molar-refractivity contribution in [1.82, 2.24) is 15.1 Å². The van der Waals surface area contributed by atoms with Crippen molar-refractivity contribution in [3.05, 3.63) is 53.3 Å². The molecule has 1 fully saturated rings. The normalized spacial score (nSPS) is 20.4. The van der Waals surface area contributed by atoms with Gasteiger partial charge in [0.15, 0.2) is 0 Å². The summed E-state index contributed by atoms with van der Waals surface area (Å²) in [5.74, 6) is 0.0532. The maximum absolute atomic E-state index is 11.1. The van der Waals surface area contributed by atoms with E-state index in [0.717, 1.165) is 43.8 Å². The summed E-state index contributed by atoms with van der Waals surface area (Å²) in [4.78, 5) is 11.1. The van der Waals surface area contributed by atoms with E-state index < -0.39 is 5.91 Å². The zero-order valence-corrected chi connectivity index (χ0v) is 13.9. The minimum atomic E-state index is -0.395. The Morgan fingerprint density at radius 1 is 1.42 bits per heavy atom. The molecule has 1 aromatic heterocycles. The third-order valence-electron chi connectivity index (χ3n) is 4.49. The van der Waals surface area contributed by atoms with Gasteiger partial charge in [-0.2, -0.15) is 5.10 Å². The number of carbonyl (C=O) groups excluding carboxylic acids is 1. The molecule has 24 heavy (non-hydrogen) atoms. The average Bonchev–Trinajstić information content (AvgIpc) is 3.23. The van der Waals surface area contributed by atoms with Gasteiger partial charge in [-0.25, -0.2) is 0 Å². The lowest BCUT2D eigenvalue weighted by atomic mass is 9.97. The van der Waals surface area contributed by atoms with Gasteiger partial charge in [0.1, 0.15) is 0 Å². The molecule has 2 heterocycles. The van der Waals surface area contributed by atoms with Crippen LogP contribution in [0.2, 0.25) is 0 Å². The number of aromatic nitrogens is 2. The molecule has 3 rings (SSSR count). The number of amides is 1. The summed E-state index contributed by atoms with van der Waals surface area (Å²) < 4.78 is 7.84. The molecule has 6 heteroatoms. The number of carbonyl (C=O) groups is 1. The van der Waals surface area contributed by atoms with Crippen molar-refractivity contribution in [2.45, 2.75) is 32.5 Å². The summed E-state index contributed by atoms with van der Waals surface area (Å²) in [6.45, 7) is 5.39. The molecular formula is C18H24N4O2. The van der Waals surface area contributed by atoms with Crippen LogP contribution in [-0.4, -0.2) is 28.8 Å². The van der Waals surface area contributed by atoms with E-state index in [1.807, 2.05) is 23.0 Å². The lowest BCUT2D eigenvalue weighted by Gasteiger charge is -2.18. The third-order valence-corrected chi connectivity index (χ3v) is 4.49. The average molecular weight is 328 g/mol. The number of aryl methyl sites for hydroxylation is 1. The van der Waals surface area contributed by atoms with Crippen LogP contribution in [0, 0.1) is 5.92 Å². The second kappa shape index (κ2) is 7.59. The first-order chi connectivity index (χ1) is 11.7. The quantitative estimate of drug-likeness (QED) is 0.813. The molecule has 1 aliphatic heterocycles. The van der Waals surface area contributed by atoms with E-state index in [2.05, 4.69) is 23.5 Å². The van der Waals surface area contributed by atoms with E-state index in [0.29, 0.717) is 11.5 Å². The SMILES string of the molecule is CCn1cc([C@H]2OCC[C@H]2CNCc2ccc(C(N)=O)cc2)cn1. The fraction of sp³-hybridized carbons (Fsp3) is 0.444. The summed E-state index contributed by atoms with van der Waals surface area (Å²) in [7, 11) is 0. The first-order valence-electron chi connectivity index (χ1n) is 8.40. The zero-order valence-electron chi connectivity index (χ0n) is 13.9. The topological polar surface area (TPSA) is 82.2 Å². The highest BCUT2D eigenvalue weighted by Gasteiger charge is 2.30. The van der Waals surface area contributed by atoms with Crippen molar-refractivity contribution >= 4 is 5.91 Å². The zero-order chi connectivity index (χ0) is 16.9. The van der Waals surface area contributed by atoms with E-state index in [1.54, 1.807) is 12.1 Å². The minimum absolute atomic E-state index is 0.120. The molecule has 0 radical (unpaired) electrons. The fourth-order valence-corrected chi connectivity index (χ4v) is 3.10. The van der Waals surface area contributed by atoms with Crippen LogP contribution in [0.4, 0.5) is 0 Å². The number of hydrogen-bond donors (Lipinski definition) is 2. The van der Waals surface area contributed by atoms with Crippen LogP contribution >= 0.6 is 0 Å². The summed E-state index contributed by atoms with van der Waals surface area (Å²) in [6.07, 6.45) is 5.16. The summed E-state index contributed by atoms with van der Waals surface area (Å²) in [5.41, 5.74) is 8.08. The molecular weight excluding hydrogens is 304 g/mol. The van der Waals surface area contributed by atoms with Crippen molar-refractivity contribution in [2.24, 2.45) is 11.7 Å². The van der Waals surface area contributed by atoms with Gasteiger partial charge in [-0.15, -0.1) is 0 Å². The van der Waals surface area contributed by atoms with Crippen LogP contribution in [0.5, 0.6) is 0 Å². The highest BCUT2D eigenvalue weighted by molar-refractivity contribution is 5.92. The summed E-state index contributed by atoms with van der Waals surface area (Å²) in [5, 5.41) is 7.83. The van der Waals surface area contributed by atoms with Crippen molar-refractivity contribution in [3.8, 4) is 0 Å². The molecule has 1 aliphatic rings. The third kappa shape index (κ3) is 3.83. The van der Waals surface area contributed by atoms with Gasteiger partial charge in [-0.05, 0) is 31.0 Å². The lowest BCUT2D eigenvalue weighted by Crippen LogP contribution is -2.24. The van der Waals surface area contributed by atoms with Crippen LogP contribution < -0.4 is 11.1 Å². The van der Waals surface area contributed by atoms with Crippen molar-refractivity contribution in [3.63, 3.8) is 0 Å². The molecule has 0 spiro atoms. The molecule has 0 aliphatic carbocycles. The first kappa shape index (κ1) is 16.7. The van der Waals surface area contributed by atoms with Gasteiger partial charge in [0, 0.05) is 49.5 Å². The number of ether oxygens (including phenoxy) is 1. The molecule has 2 aromatic rings. The van der Waals surface area contributed by atoms with E-state index in [4.69, 9.17) is 10.5 Å². The predicted octanol–water partition coefficient (Wildman–Crippen LogP) is 1.87. The van der Waals surface area contributed by atoms with Gasteiger partial charge < -0.3 is 15.8 Å². The monoisotopic (exact) mass is 328 g/mol. The molecule has 3 N–H and O–H groups in total. The smallest absolute Gasteiger partial charge is 0.248 e. The largest absolute Gasteiger partial charge is 0.373 e. The maximum atomic E-state index is 11.1. The maximum Gasteiger partial charge on any atom is 0.248 e. The fourth-order valence-electron chi connectivity index (χ4n) is 3.10. The molecule has 0 bridgehead atoms. The van der Waals surface area contributed by atoms with Crippen LogP contribution in [0.15, 0.2) is 36.7 Å². The lowest BCUT2D eigenvalue weighted by molar-refractivity contribution is 0.0903. The Bertz CT molecular complexity index is 681. The number of nitrogens with two attached hydrogens (primary N) is 1. The second-order valence-corrected chi connectivity index (χ2v) is 6.16. The van der Waals surface area contributed by atoms with Gasteiger partial charge in [-0.3, -0.25) is 9.48 Å². The van der Waals surface area contributed by atoms with E-state index >= 15 is 0 Å². The van der Waals surface area contributed by atoms with Crippen molar-refractivity contribution < 1.29 is 9.53 Å². The Balaban J connectivity index is 1.52. The van der Waals surface area contributed by atoms with Crippen LogP contribution in [0.25, 0.3) is 0 Å². The Morgan fingerprint density at radius 3 is 2.88 bits per heavy atom. The Kier molecular flexibility index (Phi) is 5.27. The number of primary amides is 1. The molecule has 1 saturated heterocycles. The molecule has 0 unspecified atom stereocenters. The number of rotatable bonds is 7. The van der Waals surface area contributed by atoms with Gasteiger partial charge in [0.25, 0.3) is 0 Å². The van der Waals surface area contributed by atoms with Crippen LogP contribution in [0.1, 0.15) is 40.9 Å². The Labute approximate surface area is 142 Å². The number of hydrogen-bond acceptors (Lipinski definition) is 4. The molecule has 6 nitrogen and oxygen atoms in total. The Morgan fingerprint density at radius 2 is 2.21 bits per heavy atom. The van der Waals surface area contributed by atoms with E-state index in [9.17, 15) is 4.79 Å². The number of nitrogens with one attached hydrogen (secondary N) is 1. The van der Waals surface area contributed by atoms with Gasteiger partial charge in [0.2, 0.25) is 5.91 Å². The Hall–Kier alpha value is -2.18. The van der Waals surface area contributed by atoms with Crippen LogP contribution in [-0.2, 0) is 17.8 Å². The second-order valence-electron chi connectivity index (χ2n) is 6.16. The standard InChI is InChI=1S/C18H24N4O2/c1-2-22-12-16(11-21-22)17-15(7-8-24-17)10-20-9-13-3-5-14(6-4-13)18(19)23/h3-6,11-12,15,17,20H,2,7-10H2,1H3,(H2,19,23)/t15-,17-/m0/s1. The predicted molar refractivity (Wildman–Crippen MR) is 91.4 cm³/mol. The van der Waals surface area contributed by atoms with E-state index in [1.165, 1.54) is 0 Å². The number of nitrogens with zero attached hydrogens (tertiary/aromatic N) is 2. The molecule has 1 aromatic carbocycles. The molecule has 1 amide bonds. The van der Waals surface area contributed by atoms with Crippen LogP contribution in [0.3, 0.4) is 0 Å². The highest BCUT2D eigenvalue weighted by atomic mass is 16.5.